The molecule has 132 valence electrons. The highest BCUT2D eigenvalue weighted by Gasteiger charge is 2.27. The number of rotatable bonds is 5. The first-order valence-electron chi connectivity index (χ1n) is 8.03. The number of hydrogen-bond acceptors (Lipinski definition) is 2. The van der Waals surface area contributed by atoms with Gasteiger partial charge < -0.3 is 4.98 Å². The third-order valence-electron chi connectivity index (χ3n) is 4.46. The molecule has 0 fully saturated rings. The van der Waals surface area contributed by atoms with Gasteiger partial charge in [0.15, 0.2) is 0 Å². The number of aromatic nitrogens is 1. The molecule has 0 saturated carbocycles. The van der Waals surface area contributed by atoms with Crippen molar-refractivity contribution in [3.05, 3.63) is 64.8 Å². The van der Waals surface area contributed by atoms with Crippen LogP contribution in [-0.4, -0.2) is 19.9 Å². The minimum absolute atomic E-state index is 0.291. The van der Waals surface area contributed by atoms with Crippen LogP contribution >= 0.6 is 11.6 Å². The van der Waals surface area contributed by atoms with Gasteiger partial charge in [-0.1, -0.05) is 49.7 Å². The molecule has 0 aliphatic rings. The fourth-order valence-electron chi connectivity index (χ4n) is 2.96. The van der Waals surface area contributed by atoms with Crippen LogP contribution in [0.1, 0.15) is 25.0 Å². The minimum atomic E-state index is -3.56. The van der Waals surface area contributed by atoms with Gasteiger partial charge in [0, 0.05) is 34.1 Å². The summed E-state index contributed by atoms with van der Waals surface area (Å²) in [7, 11) is -3.56. The monoisotopic (exact) mass is 376 g/mol. The normalized spacial score (nSPS) is 12.6. The molecule has 3 rings (SSSR count). The van der Waals surface area contributed by atoms with Crippen LogP contribution in [0.4, 0.5) is 0 Å². The van der Waals surface area contributed by atoms with Gasteiger partial charge in [-0.3, -0.25) is 0 Å². The average Bonchev–Trinajstić information content (AvgIpc) is 2.97. The second-order valence-corrected chi connectivity index (χ2v) is 9.04. The predicted octanol–water partition coefficient (Wildman–Crippen LogP) is 4.39. The van der Waals surface area contributed by atoms with Gasteiger partial charge in [0.25, 0.3) is 0 Å². The molecule has 0 spiro atoms. The Kier molecular flexibility index (Phi) is 4.66. The summed E-state index contributed by atoms with van der Waals surface area (Å²) in [6.45, 7) is 6.12. The van der Waals surface area contributed by atoms with Crippen molar-refractivity contribution in [1.82, 2.24) is 9.71 Å². The van der Waals surface area contributed by atoms with Crippen LogP contribution in [0.3, 0.4) is 0 Å². The van der Waals surface area contributed by atoms with Gasteiger partial charge >= 0.3 is 0 Å². The average molecular weight is 377 g/mol. The SMILES string of the molecule is Cc1ccccc1S(=O)(=O)NCC(C)(C)c1c[nH]c2cc(Cl)ccc12. The Morgan fingerprint density at radius 2 is 1.88 bits per heavy atom. The highest BCUT2D eigenvalue weighted by Crippen LogP contribution is 2.31. The lowest BCUT2D eigenvalue weighted by atomic mass is 9.85. The predicted molar refractivity (Wildman–Crippen MR) is 103 cm³/mol. The number of sulfonamides is 1. The molecular formula is C19H21ClN2O2S. The Balaban J connectivity index is 1.87. The number of H-pyrrole nitrogens is 1. The molecule has 0 aliphatic carbocycles. The van der Waals surface area contributed by atoms with Gasteiger partial charge in [-0.15, -0.1) is 0 Å². The van der Waals surface area contributed by atoms with E-state index >= 15 is 0 Å². The fraction of sp³-hybridized carbons (Fsp3) is 0.263. The molecule has 4 nitrogen and oxygen atoms in total. The summed E-state index contributed by atoms with van der Waals surface area (Å²) in [5, 5.41) is 1.71. The Bertz CT molecular complexity index is 1020. The minimum Gasteiger partial charge on any atom is -0.361 e. The zero-order valence-electron chi connectivity index (χ0n) is 14.4. The summed E-state index contributed by atoms with van der Waals surface area (Å²) in [4.78, 5) is 3.53. The number of halogens is 1. The topological polar surface area (TPSA) is 62.0 Å². The summed E-state index contributed by atoms with van der Waals surface area (Å²) in [6.07, 6.45) is 1.92. The van der Waals surface area contributed by atoms with E-state index in [2.05, 4.69) is 9.71 Å². The standard InChI is InChI=1S/C19H21ClN2O2S/c1-13-6-4-5-7-18(13)25(23,24)22-12-19(2,3)16-11-21-17-10-14(20)8-9-15(16)17/h4-11,21-22H,12H2,1-3H3. The van der Waals surface area contributed by atoms with Gasteiger partial charge in [0.05, 0.1) is 4.90 Å². The van der Waals surface area contributed by atoms with E-state index in [1.54, 1.807) is 25.1 Å². The lowest BCUT2D eigenvalue weighted by Crippen LogP contribution is -2.36. The molecule has 25 heavy (non-hydrogen) atoms. The van der Waals surface area contributed by atoms with Crippen molar-refractivity contribution in [3.8, 4) is 0 Å². The van der Waals surface area contributed by atoms with Crippen molar-refractivity contribution in [2.45, 2.75) is 31.1 Å². The van der Waals surface area contributed by atoms with Gasteiger partial charge in [-0.05, 0) is 36.2 Å². The molecule has 3 aromatic rings. The van der Waals surface area contributed by atoms with Gasteiger partial charge in [-0.2, -0.15) is 0 Å². The van der Waals surface area contributed by atoms with E-state index in [-0.39, 0.29) is 5.41 Å². The van der Waals surface area contributed by atoms with E-state index in [1.165, 1.54) is 0 Å². The number of aromatic amines is 1. The van der Waals surface area contributed by atoms with E-state index in [4.69, 9.17) is 11.6 Å². The van der Waals surface area contributed by atoms with E-state index in [1.807, 2.05) is 44.3 Å². The third-order valence-corrected chi connectivity index (χ3v) is 6.26. The molecular weight excluding hydrogens is 356 g/mol. The summed E-state index contributed by atoms with van der Waals surface area (Å²) >= 11 is 6.03. The summed E-state index contributed by atoms with van der Waals surface area (Å²) in [6, 6.07) is 12.6. The first-order chi connectivity index (χ1) is 11.7. The van der Waals surface area contributed by atoms with Gasteiger partial charge in [-0.25, -0.2) is 13.1 Å². The smallest absolute Gasteiger partial charge is 0.240 e. The van der Waals surface area contributed by atoms with Crippen LogP contribution < -0.4 is 4.72 Å². The zero-order chi connectivity index (χ0) is 18.2. The number of aryl methyl sites for hydroxylation is 1. The van der Waals surface area contributed by atoms with E-state index in [0.29, 0.717) is 16.5 Å². The van der Waals surface area contributed by atoms with Crippen molar-refractivity contribution in [2.24, 2.45) is 0 Å². The lowest BCUT2D eigenvalue weighted by Gasteiger charge is -2.25. The molecule has 2 N–H and O–H groups in total. The van der Waals surface area contributed by atoms with E-state index < -0.39 is 10.0 Å². The van der Waals surface area contributed by atoms with Crippen molar-refractivity contribution in [3.63, 3.8) is 0 Å². The van der Waals surface area contributed by atoms with E-state index in [9.17, 15) is 8.42 Å². The van der Waals surface area contributed by atoms with Crippen LogP contribution in [-0.2, 0) is 15.4 Å². The maximum Gasteiger partial charge on any atom is 0.240 e. The maximum absolute atomic E-state index is 12.6. The number of hydrogen-bond donors (Lipinski definition) is 2. The molecule has 0 amide bonds. The molecule has 2 aromatic carbocycles. The summed E-state index contributed by atoms with van der Waals surface area (Å²) < 4.78 is 28.0. The molecule has 0 radical (unpaired) electrons. The Hall–Kier alpha value is -1.82. The molecule has 0 bridgehead atoms. The van der Waals surface area contributed by atoms with Crippen LogP contribution in [0.25, 0.3) is 10.9 Å². The van der Waals surface area contributed by atoms with Crippen molar-refractivity contribution >= 4 is 32.5 Å². The first-order valence-corrected chi connectivity index (χ1v) is 9.89. The number of benzene rings is 2. The molecule has 6 heteroatoms. The molecule has 0 unspecified atom stereocenters. The van der Waals surface area contributed by atoms with Crippen LogP contribution in [0.15, 0.2) is 53.6 Å². The molecule has 1 heterocycles. The number of fused-ring (bicyclic) bond motifs is 1. The number of nitrogens with one attached hydrogen (secondary N) is 2. The maximum atomic E-state index is 12.6. The van der Waals surface area contributed by atoms with Gasteiger partial charge in [0.2, 0.25) is 10.0 Å². The highest BCUT2D eigenvalue weighted by molar-refractivity contribution is 7.89. The molecule has 0 saturated heterocycles. The fourth-order valence-corrected chi connectivity index (χ4v) is 4.59. The molecule has 0 atom stereocenters. The lowest BCUT2D eigenvalue weighted by molar-refractivity contribution is 0.504. The zero-order valence-corrected chi connectivity index (χ0v) is 16.0. The third kappa shape index (κ3) is 3.59. The van der Waals surface area contributed by atoms with E-state index in [0.717, 1.165) is 22.0 Å². The van der Waals surface area contributed by atoms with Gasteiger partial charge in [0.1, 0.15) is 0 Å². The Morgan fingerprint density at radius 3 is 2.60 bits per heavy atom. The second-order valence-electron chi connectivity index (χ2n) is 6.87. The van der Waals surface area contributed by atoms with Crippen LogP contribution in [0, 0.1) is 6.92 Å². The summed E-state index contributed by atoms with van der Waals surface area (Å²) in [5.41, 5.74) is 2.33. The molecule has 1 aromatic heterocycles. The first kappa shape index (κ1) is 18.0. The second kappa shape index (κ2) is 6.48. The van der Waals surface area contributed by atoms with Crippen LogP contribution in [0.5, 0.6) is 0 Å². The largest absolute Gasteiger partial charge is 0.361 e. The quantitative estimate of drug-likeness (QED) is 0.693. The highest BCUT2D eigenvalue weighted by atomic mass is 35.5. The van der Waals surface area contributed by atoms with Crippen molar-refractivity contribution in [2.75, 3.05) is 6.54 Å². The van der Waals surface area contributed by atoms with Crippen LogP contribution in [0.2, 0.25) is 5.02 Å². The Labute approximate surface area is 153 Å². The van der Waals surface area contributed by atoms with Crippen molar-refractivity contribution in [1.29, 1.82) is 0 Å². The summed E-state index contributed by atoms with van der Waals surface area (Å²) in [5.74, 6) is 0. The van der Waals surface area contributed by atoms with Crippen molar-refractivity contribution < 1.29 is 8.42 Å². The molecule has 0 aliphatic heterocycles. The Morgan fingerprint density at radius 1 is 1.16 bits per heavy atom.